The number of rotatable bonds is 7. The second kappa shape index (κ2) is 7.39. The van der Waals surface area contributed by atoms with E-state index in [1.54, 1.807) is 25.5 Å². The van der Waals surface area contributed by atoms with E-state index >= 15 is 0 Å². The molecule has 0 spiro atoms. The van der Waals surface area contributed by atoms with Crippen LogP contribution in [-0.2, 0) is 29.2 Å². The molecule has 7 nitrogen and oxygen atoms in total. The summed E-state index contributed by atoms with van der Waals surface area (Å²) in [7, 11) is 3.10. The van der Waals surface area contributed by atoms with Crippen LogP contribution in [0, 0.1) is 6.92 Å². The molecule has 2 heterocycles. The Morgan fingerprint density at radius 1 is 1.26 bits per heavy atom. The molecule has 1 unspecified atom stereocenters. The normalized spacial score (nSPS) is 12.9. The number of aliphatic hydroxyl groups is 1. The Labute approximate surface area is 137 Å². The molecule has 0 aliphatic carbocycles. The molecule has 0 aromatic carbocycles. The van der Waals surface area contributed by atoms with Gasteiger partial charge in [-0.05, 0) is 19.4 Å². The molecule has 0 radical (unpaired) electrons. The van der Waals surface area contributed by atoms with Crippen LogP contribution < -0.4 is 11.2 Å². The molecule has 0 saturated heterocycles. The largest absolute Gasteiger partial charge is 0.391 e. The minimum atomic E-state index is -0.380. The first-order valence-electron chi connectivity index (χ1n) is 7.34. The fourth-order valence-electron chi connectivity index (χ4n) is 2.46. The number of aryl methyl sites for hydroxylation is 1. The number of fused-ring (bicyclic) bond motifs is 1. The van der Waals surface area contributed by atoms with Crippen LogP contribution in [0.4, 0.5) is 0 Å². The van der Waals surface area contributed by atoms with E-state index in [9.17, 15) is 14.7 Å². The van der Waals surface area contributed by atoms with Gasteiger partial charge in [0.25, 0.3) is 5.56 Å². The van der Waals surface area contributed by atoms with Crippen molar-refractivity contribution in [1.29, 1.82) is 0 Å². The second-order valence-electron chi connectivity index (χ2n) is 5.38. The van der Waals surface area contributed by atoms with E-state index in [0.717, 1.165) is 5.56 Å². The summed E-state index contributed by atoms with van der Waals surface area (Å²) in [6.45, 7) is 4.32. The summed E-state index contributed by atoms with van der Waals surface area (Å²) >= 11 is 1.28. The molecular weight excluding hydrogens is 320 g/mol. The van der Waals surface area contributed by atoms with E-state index in [4.69, 9.17) is 9.47 Å². The average Bonchev–Trinajstić information content (AvgIpc) is 2.87. The van der Waals surface area contributed by atoms with Gasteiger partial charge in [0.15, 0.2) is 0 Å². The lowest BCUT2D eigenvalue weighted by atomic mass is 10.2. The Morgan fingerprint density at radius 2 is 1.96 bits per heavy atom. The lowest BCUT2D eigenvalue weighted by Crippen LogP contribution is -2.42. The monoisotopic (exact) mass is 342 g/mol. The van der Waals surface area contributed by atoms with E-state index in [1.165, 1.54) is 23.0 Å². The summed E-state index contributed by atoms with van der Waals surface area (Å²) in [5.41, 5.74) is 0.00712. The van der Waals surface area contributed by atoms with Gasteiger partial charge in [-0.2, -0.15) is 0 Å². The lowest BCUT2D eigenvalue weighted by molar-refractivity contribution is 0.100. The number of hydrogen-bond donors (Lipinski definition) is 1. The summed E-state index contributed by atoms with van der Waals surface area (Å²) in [4.78, 5) is 26.8. The predicted octanol–water partition coefficient (Wildman–Crippen LogP) is 0.707. The SMILES string of the molecule is COCCn1c(=O)n(CC(C)OC)c(=O)c2c(C)c(CO)sc21. The maximum atomic E-state index is 12.8. The third-order valence-corrected chi connectivity index (χ3v) is 5.20. The van der Waals surface area contributed by atoms with Crippen LogP contribution in [0.5, 0.6) is 0 Å². The van der Waals surface area contributed by atoms with Crippen molar-refractivity contribution in [1.82, 2.24) is 9.13 Å². The average molecular weight is 342 g/mol. The third kappa shape index (κ3) is 3.25. The number of thiophene rings is 1. The molecule has 128 valence electrons. The Hall–Kier alpha value is -1.48. The molecule has 23 heavy (non-hydrogen) atoms. The zero-order valence-electron chi connectivity index (χ0n) is 13.8. The summed E-state index contributed by atoms with van der Waals surface area (Å²) in [6, 6.07) is 0. The topological polar surface area (TPSA) is 82.7 Å². The first-order chi connectivity index (χ1) is 11.0. The van der Waals surface area contributed by atoms with Gasteiger partial charge in [0, 0.05) is 19.1 Å². The summed E-state index contributed by atoms with van der Waals surface area (Å²) in [6.07, 6.45) is -0.259. The van der Waals surface area contributed by atoms with E-state index in [0.29, 0.717) is 28.2 Å². The zero-order valence-corrected chi connectivity index (χ0v) is 14.6. The van der Waals surface area contributed by atoms with E-state index in [1.807, 2.05) is 0 Å². The van der Waals surface area contributed by atoms with Gasteiger partial charge in [0.05, 0.1) is 37.8 Å². The van der Waals surface area contributed by atoms with Crippen molar-refractivity contribution in [2.75, 3.05) is 20.8 Å². The highest BCUT2D eigenvalue weighted by atomic mass is 32.1. The molecule has 1 atom stereocenters. The number of aliphatic hydroxyl groups excluding tert-OH is 1. The number of hydrogen-bond acceptors (Lipinski definition) is 6. The minimum Gasteiger partial charge on any atom is -0.391 e. The summed E-state index contributed by atoms with van der Waals surface area (Å²) in [5, 5.41) is 9.95. The van der Waals surface area contributed by atoms with Gasteiger partial charge in [0.2, 0.25) is 0 Å². The van der Waals surface area contributed by atoms with Crippen LogP contribution in [0.15, 0.2) is 9.59 Å². The Kier molecular flexibility index (Phi) is 5.74. The van der Waals surface area contributed by atoms with Gasteiger partial charge in [-0.1, -0.05) is 0 Å². The van der Waals surface area contributed by atoms with Gasteiger partial charge in [-0.3, -0.25) is 13.9 Å². The Balaban J connectivity index is 2.78. The Bertz CT molecular complexity index is 805. The predicted molar refractivity (Wildman–Crippen MR) is 89.4 cm³/mol. The number of nitrogens with zero attached hydrogens (tertiary/aromatic N) is 2. The van der Waals surface area contributed by atoms with Crippen LogP contribution in [0.1, 0.15) is 17.4 Å². The van der Waals surface area contributed by atoms with Crippen LogP contribution in [0.3, 0.4) is 0 Å². The maximum absolute atomic E-state index is 12.8. The highest BCUT2D eigenvalue weighted by Crippen LogP contribution is 2.27. The zero-order chi connectivity index (χ0) is 17.1. The Morgan fingerprint density at radius 3 is 2.52 bits per heavy atom. The lowest BCUT2D eigenvalue weighted by Gasteiger charge is -2.14. The molecular formula is C15H22N2O5S. The maximum Gasteiger partial charge on any atom is 0.332 e. The van der Waals surface area contributed by atoms with Crippen molar-refractivity contribution in [2.45, 2.75) is 39.6 Å². The standard InChI is InChI=1S/C15H22N2O5S/c1-9(22-4)7-17-13(19)12-10(2)11(8-18)23-14(12)16(15(17)20)5-6-21-3/h9,18H,5-8H2,1-4H3. The number of ether oxygens (including phenoxy) is 2. The smallest absolute Gasteiger partial charge is 0.332 e. The molecule has 2 rings (SSSR count). The van der Waals surface area contributed by atoms with Crippen molar-refractivity contribution in [3.8, 4) is 0 Å². The molecule has 0 bridgehead atoms. The molecule has 0 saturated carbocycles. The quantitative estimate of drug-likeness (QED) is 0.801. The van der Waals surface area contributed by atoms with Crippen LogP contribution >= 0.6 is 11.3 Å². The molecule has 0 fully saturated rings. The van der Waals surface area contributed by atoms with Crippen molar-refractivity contribution >= 4 is 21.6 Å². The van der Waals surface area contributed by atoms with Crippen molar-refractivity contribution in [2.24, 2.45) is 0 Å². The van der Waals surface area contributed by atoms with Crippen molar-refractivity contribution in [3.05, 3.63) is 31.3 Å². The number of methoxy groups -OCH3 is 2. The van der Waals surface area contributed by atoms with Gasteiger partial charge in [-0.25, -0.2) is 4.79 Å². The van der Waals surface area contributed by atoms with E-state index in [-0.39, 0.29) is 30.5 Å². The highest BCUT2D eigenvalue weighted by Gasteiger charge is 2.20. The first-order valence-corrected chi connectivity index (χ1v) is 8.16. The van der Waals surface area contributed by atoms with Gasteiger partial charge in [-0.15, -0.1) is 11.3 Å². The second-order valence-corrected chi connectivity index (χ2v) is 6.46. The van der Waals surface area contributed by atoms with E-state index < -0.39 is 0 Å². The fraction of sp³-hybridized carbons (Fsp3) is 0.600. The molecule has 2 aromatic heterocycles. The summed E-state index contributed by atoms with van der Waals surface area (Å²) in [5.74, 6) is 0. The molecule has 0 aliphatic rings. The molecule has 0 amide bonds. The molecule has 1 N–H and O–H groups in total. The molecule has 2 aromatic rings. The number of aromatic nitrogens is 2. The van der Waals surface area contributed by atoms with Gasteiger partial charge >= 0.3 is 5.69 Å². The molecule has 8 heteroatoms. The highest BCUT2D eigenvalue weighted by molar-refractivity contribution is 7.18. The van der Waals surface area contributed by atoms with Gasteiger partial charge < -0.3 is 14.6 Å². The molecule has 0 aliphatic heterocycles. The fourth-order valence-corrected chi connectivity index (χ4v) is 3.64. The van der Waals surface area contributed by atoms with Crippen molar-refractivity contribution < 1.29 is 14.6 Å². The van der Waals surface area contributed by atoms with Crippen LogP contribution in [-0.4, -0.2) is 41.2 Å². The van der Waals surface area contributed by atoms with Crippen LogP contribution in [0.25, 0.3) is 10.2 Å². The van der Waals surface area contributed by atoms with Crippen LogP contribution in [0.2, 0.25) is 0 Å². The first kappa shape index (κ1) is 17.9. The van der Waals surface area contributed by atoms with Gasteiger partial charge in [0.1, 0.15) is 4.83 Å². The van der Waals surface area contributed by atoms with E-state index in [2.05, 4.69) is 0 Å². The third-order valence-electron chi connectivity index (χ3n) is 3.90. The van der Waals surface area contributed by atoms with Crippen molar-refractivity contribution in [3.63, 3.8) is 0 Å². The minimum absolute atomic E-state index is 0.155. The summed E-state index contributed by atoms with van der Waals surface area (Å²) < 4.78 is 13.0.